The maximum Gasteiger partial charge on any atom is 0.263 e. The van der Waals surface area contributed by atoms with Crippen molar-refractivity contribution in [2.24, 2.45) is 5.92 Å². The van der Waals surface area contributed by atoms with Crippen LogP contribution in [-0.4, -0.2) is 38.0 Å². The normalized spacial score (nSPS) is 11.2. The van der Waals surface area contributed by atoms with Gasteiger partial charge in [-0.3, -0.25) is 9.52 Å². The number of carbonyl (C=O) groups is 1. The second-order valence-corrected chi connectivity index (χ2v) is 9.24. The maximum absolute atomic E-state index is 12.7. The molecule has 9 nitrogen and oxygen atoms in total. The van der Waals surface area contributed by atoms with Crippen molar-refractivity contribution < 1.29 is 22.7 Å². The van der Waals surface area contributed by atoms with Gasteiger partial charge in [-0.2, -0.15) is 0 Å². The van der Waals surface area contributed by atoms with Gasteiger partial charge in [-0.1, -0.05) is 19.9 Å². The van der Waals surface area contributed by atoms with Gasteiger partial charge < -0.3 is 14.8 Å². The van der Waals surface area contributed by atoms with Crippen LogP contribution in [0.3, 0.4) is 0 Å². The highest BCUT2D eigenvalue weighted by molar-refractivity contribution is 7.92. The number of methoxy groups -OCH3 is 1. The van der Waals surface area contributed by atoms with Gasteiger partial charge >= 0.3 is 0 Å². The van der Waals surface area contributed by atoms with E-state index in [1.807, 2.05) is 0 Å². The van der Waals surface area contributed by atoms with Gasteiger partial charge in [-0.05, 0) is 54.8 Å². The summed E-state index contributed by atoms with van der Waals surface area (Å²) in [7, 11) is -2.56. The van der Waals surface area contributed by atoms with E-state index in [0.29, 0.717) is 29.5 Å². The lowest BCUT2D eigenvalue weighted by atomic mass is 10.1. The average molecular weight is 471 g/mol. The average Bonchev–Trinajstić information content (AvgIpc) is 2.79. The van der Waals surface area contributed by atoms with Crippen LogP contribution in [0.2, 0.25) is 0 Å². The zero-order valence-electron chi connectivity index (χ0n) is 18.6. The number of rotatable bonds is 10. The zero-order chi connectivity index (χ0) is 23.8. The third-order valence-electron chi connectivity index (χ3n) is 4.57. The third-order valence-corrected chi connectivity index (χ3v) is 5.93. The lowest BCUT2D eigenvalue weighted by molar-refractivity contribution is 0.102. The lowest BCUT2D eigenvalue weighted by Crippen LogP contribution is -2.15. The number of hydrogen-bond acceptors (Lipinski definition) is 7. The smallest absolute Gasteiger partial charge is 0.263 e. The standard InChI is InChI=1S/C23H26N4O5S/c1-16(2)11-14-32-19-6-4-5-17(15-19)22(28)26-18-7-9-20(10-8-18)33(29,30)27-21-23(31-3)25-13-12-24-21/h4-10,12-13,15-16H,11,14H2,1-3H3,(H,24,27)(H,26,28). The summed E-state index contributed by atoms with van der Waals surface area (Å²) in [5.41, 5.74) is 0.882. The molecule has 3 aromatic rings. The van der Waals surface area contributed by atoms with E-state index in [4.69, 9.17) is 9.47 Å². The molecule has 0 fully saturated rings. The summed E-state index contributed by atoms with van der Waals surface area (Å²) >= 11 is 0. The molecule has 0 aliphatic carbocycles. The second kappa shape index (κ2) is 10.8. The SMILES string of the molecule is COc1nccnc1NS(=O)(=O)c1ccc(NC(=O)c2cccc(OCCC(C)C)c2)cc1. The minimum absolute atomic E-state index is 0.00578. The number of sulfonamides is 1. The van der Waals surface area contributed by atoms with Gasteiger partial charge in [0.1, 0.15) is 5.75 Å². The molecule has 0 spiro atoms. The largest absolute Gasteiger partial charge is 0.494 e. The van der Waals surface area contributed by atoms with Gasteiger partial charge in [0.05, 0.1) is 18.6 Å². The van der Waals surface area contributed by atoms with Gasteiger partial charge in [-0.15, -0.1) is 0 Å². The lowest BCUT2D eigenvalue weighted by Gasteiger charge is -2.11. The highest BCUT2D eigenvalue weighted by atomic mass is 32.2. The van der Waals surface area contributed by atoms with Crippen molar-refractivity contribution in [3.05, 3.63) is 66.5 Å². The minimum Gasteiger partial charge on any atom is -0.494 e. The van der Waals surface area contributed by atoms with Crippen LogP contribution in [0.25, 0.3) is 0 Å². The van der Waals surface area contributed by atoms with Crippen LogP contribution in [-0.2, 0) is 10.0 Å². The Morgan fingerprint density at radius 2 is 1.79 bits per heavy atom. The molecular formula is C23H26N4O5S. The fourth-order valence-corrected chi connectivity index (χ4v) is 3.80. The molecule has 0 atom stereocenters. The molecule has 1 aromatic heterocycles. The molecule has 3 rings (SSSR count). The number of nitrogens with zero attached hydrogens (tertiary/aromatic N) is 2. The van der Waals surface area contributed by atoms with E-state index in [1.165, 1.54) is 43.8 Å². The molecule has 2 aromatic carbocycles. The number of anilines is 2. The fraction of sp³-hybridized carbons (Fsp3) is 0.261. The predicted octanol–water partition coefficient (Wildman–Crippen LogP) is 3.96. The van der Waals surface area contributed by atoms with Crippen LogP contribution in [0, 0.1) is 5.92 Å². The van der Waals surface area contributed by atoms with Crippen LogP contribution in [0.5, 0.6) is 11.6 Å². The van der Waals surface area contributed by atoms with Gasteiger partial charge in [0.15, 0.2) is 0 Å². The van der Waals surface area contributed by atoms with Gasteiger partial charge in [0.25, 0.3) is 21.8 Å². The molecule has 1 amide bonds. The summed E-state index contributed by atoms with van der Waals surface area (Å²) in [6.07, 6.45) is 3.66. The molecule has 0 bridgehead atoms. The van der Waals surface area contributed by atoms with Crippen molar-refractivity contribution in [1.82, 2.24) is 9.97 Å². The monoisotopic (exact) mass is 470 g/mol. The Balaban J connectivity index is 1.66. The summed E-state index contributed by atoms with van der Waals surface area (Å²) in [4.78, 5) is 20.5. The van der Waals surface area contributed by atoms with E-state index in [2.05, 4.69) is 33.9 Å². The van der Waals surface area contributed by atoms with E-state index in [0.717, 1.165) is 6.42 Å². The van der Waals surface area contributed by atoms with Crippen molar-refractivity contribution in [3.8, 4) is 11.6 Å². The van der Waals surface area contributed by atoms with E-state index in [-0.39, 0.29) is 22.5 Å². The summed E-state index contributed by atoms with van der Waals surface area (Å²) in [6.45, 7) is 4.81. The Hall–Kier alpha value is -3.66. The predicted molar refractivity (Wildman–Crippen MR) is 125 cm³/mol. The molecule has 0 radical (unpaired) electrons. The first-order chi connectivity index (χ1) is 15.8. The molecule has 0 unspecified atom stereocenters. The molecule has 0 saturated carbocycles. The van der Waals surface area contributed by atoms with Crippen molar-refractivity contribution in [1.29, 1.82) is 0 Å². The van der Waals surface area contributed by atoms with E-state index in [9.17, 15) is 13.2 Å². The summed E-state index contributed by atoms with van der Waals surface area (Å²) in [5.74, 6) is 0.854. The number of aromatic nitrogens is 2. The third kappa shape index (κ3) is 6.66. The Labute approximate surface area is 193 Å². The first-order valence-corrected chi connectivity index (χ1v) is 11.8. The number of hydrogen-bond donors (Lipinski definition) is 2. The van der Waals surface area contributed by atoms with Gasteiger partial charge in [-0.25, -0.2) is 18.4 Å². The Morgan fingerprint density at radius 3 is 2.48 bits per heavy atom. The zero-order valence-corrected chi connectivity index (χ0v) is 19.4. The highest BCUT2D eigenvalue weighted by Gasteiger charge is 2.18. The van der Waals surface area contributed by atoms with Crippen molar-refractivity contribution in [3.63, 3.8) is 0 Å². The first kappa shape index (κ1) is 24.0. The molecule has 10 heteroatoms. The van der Waals surface area contributed by atoms with Crippen LogP contribution in [0.1, 0.15) is 30.6 Å². The Kier molecular flexibility index (Phi) is 7.83. The van der Waals surface area contributed by atoms with E-state index >= 15 is 0 Å². The Bertz CT molecular complexity index is 1200. The van der Waals surface area contributed by atoms with Crippen LogP contribution >= 0.6 is 0 Å². The van der Waals surface area contributed by atoms with Crippen molar-refractivity contribution in [2.45, 2.75) is 25.2 Å². The number of carbonyl (C=O) groups excluding carboxylic acids is 1. The second-order valence-electron chi connectivity index (χ2n) is 7.56. The fourth-order valence-electron chi connectivity index (χ4n) is 2.79. The number of amides is 1. The molecule has 0 aliphatic heterocycles. The molecule has 33 heavy (non-hydrogen) atoms. The molecule has 0 saturated heterocycles. The minimum atomic E-state index is -3.93. The number of ether oxygens (including phenoxy) is 2. The quantitative estimate of drug-likeness (QED) is 0.460. The van der Waals surface area contributed by atoms with Crippen LogP contribution in [0.4, 0.5) is 11.5 Å². The molecule has 174 valence electrons. The molecule has 0 aliphatic rings. The van der Waals surface area contributed by atoms with Crippen LogP contribution < -0.4 is 19.5 Å². The topological polar surface area (TPSA) is 120 Å². The molecular weight excluding hydrogens is 444 g/mol. The maximum atomic E-state index is 12.7. The summed E-state index contributed by atoms with van der Waals surface area (Å²) in [5, 5.41) is 2.75. The summed E-state index contributed by atoms with van der Waals surface area (Å²) < 4.78 is 38.4. The van der Waals surface area contributed by atoms with Crippen LogP contribution in [0.15, 0.2) is 65.8 Å². The number of benzene rings is 2. The van der Waals surface area contributed by atoms with Gasteiger partial charge in [0.2, 0.25) is 5.82 Å². The highest BCUT2D eigenvalue weighted by Crippen LogP contribution is 2.23. The molecule has 1 heterocycles. The Morgan fingerprint density at radius 1 is 1.06 bits per heavy atom. The first-order valence-electron chi connectivity index (χ1n) is 10.3. The molecule has 2 N–H and O–H groups in total. The van der Waals surface area contributed by atoms with E-state index in [1.54, 1.807) is 24.3 Å². The van der Waals surface area contributed by atoms with Gasteiger partial charge in [0, 0.05) is 23.6 Å². The van der Waals surface area contributed by atoms with Crippen molar-refractivity contribution in [2.75, 3.05) is 23.8 Å². The van der Waals surface area contributed by atoms with E-state index < -0.39 is 10.0 Å². The van der Waals surface area contributed by atoms with Crippen molar-refractivity contribution >= 4 is 27.4 Å². The number of nitrogens with one attached hydrogen (secondary N) is 2. The summed E-state index contributed by atoms with van der Waals surface area (Å²) in [6, 6.07) is 12.7.